The van der Waals surface area contributed by atoms with Gasteiger partial charge in [-0.1, -0.05) is 11.8 Å². The molecule has 2 aromatic heterocycles. The molecule has 6 heteroatoms. The Morgan fingerprint density at radius 3 is 2.86 bits per heavy atom. The van der Waals surface area contributed by atoms with Crippen LogP contribution in [0.2, 0.25) is 0 Å². The van der Waals surface area contributed by atoms with Gasteiger partial charge in [0.1, 0.15) is 12.6 Å². The molecule has 1 aromatic carbocycles. The van der Waals surface area contributed by atoms with Crippen LogP contribution in [0.25, 0.3) is 23.1 Å². The topological polar surface area (TPSA) is 68.2 Å². The fraction of sp³-hybridized carbons (Fsp3) is 0.182. The van der Waals surface area contributed by atoms with Gasteiger partial charge >= 0.3 is 5.63 Å². The number of rotatable bonds is 2. The van der Waals surface area contributed by atoms with E-state index in [1.54, 1.807) is 24.3 Å². The number of nitrogens with zero attached hydrogens (tertiary/aromatic N) is 1. The lowest BCUT2D eigenvalue weighted by atomic mass is 10.0. The highest BCUT2D eigenvalue weighted by Gasteiger charge is 2.17. The predicted molar refractivity (Wildman–Crippen MR) is 108 cm³/mol. The Morgan fingerprint density at radius 2 is 2.04 bits per heavy atom. The van der Waals surface area contributed by atoms with Crippen molar-refractivity contribution in [2.75, 3.05) is 5.75 Å². The molecule has 0 fully saturated rings. The monoisotopic (exact) mass is 392 g/mol. The molecular weight excluding hydrogens is 374 g/mol. The standard InChI is InChI=1S/C22H18NO4S/c1-23-10-4-2-7-20(23)9-8-17-12-18-13-19-15-28(25,26)11-5-3-6-16(19)14-21(18)27-22(17)24/h2,4,7-10,12-14H,5,11,15H2,1H3/q+1. The second kappa shape index (κ2) is 7.10. The van der Waals surface area contributed by atoms with Crippen LogP contribution < -0.4 is 10.2 Å². The maximum atomic E-state index is 12.4. The first-order chi connectivity index (χ1) is 13.4. The molecular formula is C22H18NO4S+. The lowest BCUT2D eigenvalue weighted by molar-refractivity contribution is -0.673. The summed E-state index contributed by atoms with van der Waals surface area (Å²) < 4.78 is 31.8. The normalized spacial score (nSPS) is 15.5. The van der Waals surface area contributed by atoms with E-state index in [-0.39, 0.29) is 11.5 Å². The third kappa shape index (κ3) is 3.75. The SMILES string of the molecule is C[n+]1ccccc1C=Cc1cc2cc3c(cc2oc1=O)C#CCCS(=O)(=O)C3. The summed E-state index contributed by atoms with van der Waals surface area (Å²) in [6.07, 6.45) is 5.77. The summed E-state index contributed by atoms with van der Waals surface area (Å²) in [5.74, 6) is 5.86. The summed E-state index contributed by atoms with van der Waals surface area (Å²) in [5.41, 5.74) is 2.52. The first-order valence-electron chi connectivity index (χ1n) is 8.84. The minimum atomic E-state index is -3.21. The molecule has 4 rings (SSSR count). The van der Waals surface area contributed by atoms with Gasteiger partial charge in [0.05, 0.1) is 17.1 Å². The smallest absolute Gasteiger partial charge is 0.343 e. The summed E-state index contributed by atoms with van der Waals surface area (Å²) in [6, 6.07) is 10.9. The van der Waals surface area contributed by atoms with E-state index in [4.69, 9.17) is 4.42 Å². The van der Waals surface area contributed by atoms with Crippen LogP contribution in [0.15, 0.2) is 51.8 Å². The molecule has 0 saturated heterocycles. The molecule has 0 unspecified atom stereocenters. The van der Waals surface area contributed by atoms with Crippen molar-refractivity contribution in [1.82, 2.24) is 0 Å². The Bertz CT molecular complexity index is 1340. The first kappa shape index (κ1) is 18.2. The summed E-state index contributed by atoms with van der Waals surface area (Å²) in [4.78, 5) is 12.4. The summed E-state index contributed by atoms with van der Waals surface area (Å²) >= 11 is 0. The van der Waals surface area contributed by atoms with Crippen LogP contribution in [0.5, 0.6) is 0 Å². The van der Waals surface area contributed by atoms with Gasteiger partial charge in [-0.2, -0.15) is 0 Å². The number of hydrogen-bond donors (Lipinski definition) is 0. The Kier molecular flexibility index (Phi) is 4.62. The molecule has 0 atom stereocenters. The summed E-state index contributed by atoms with van der Waals surface area (Å²) in [6.45, 7) is 0. The lowest BCUT2D eigenvalue weighted by Crippen LogP contribution is -2.30. The van der Waals surface area contributed by atoms with Crippen LogP contribution in [0.1, 0.15) is 28.8 Å². The number of aryl methyl sites for hydroxylation is 1. The summed E-state index contributed by atoms with van der Waals surface area (Å²) in [7, 11) is -1.29. The van der Waals surface area contributed by atoms with Gasteiger partial charge in [-0.3, -0.25) is 0 Å². The molecule has 0 radical (unpaired) electrons. The zero-order valence-corrected chi connectivity index (χ0v) is 16.1. The van der Waals surface area contributed by atoms with Gasteiger partial charge < -0.3 is 4.42 Å². The highest BCUT2D eigenvalue weighted by Crippen LogP contribution is 2.23. The number of hydrogen-bond acceptors (Lipinski definition) is 4. The molecule has 1 aliphatic rings. The molecule has 28 heavy (non-hydrogen) atoms. The number of aromatic nitrogens is 1. The van der Waals surface area contributed by atoms with E-state index >= 15 is 0 Å². The van der Waals surface area contributed by atoms with Crippen molar-refractivity contribution in [1.29, 1.82) is 0 Å². The quantitative estimate of drug-likeness (QED) is 0.382. The van der Waals surface area contributed by atoms with Crippen LogP contribution >= 0.6 is 0 Å². The largest absolute Gasteiger partial charge is 0.422 e. The van der Waals surface area contributed by atoms with Gasteiger partial charge in [0, 0.05) is 35.6 Å². The molecule has 1 aliphatic heterocycles. The van der Waals surface area contributed by atoms with E-state index < -0.39 is 15.5 Å². The Labute approximate surface area is 162 Å². The van der Waals surface area contributed by atoms with Crippen molar-refractivity contribution in [3.63, 3.8) is 0 Å². The van der Waals surface area contributed by atoms with Crippen LogP contribution in [-0.4, -0.2) is 14.2 Å². The zero-order valence-electron chi connectivity index (χ0n) is 15.3. The second-order valence-electron chi connectivity index (χ2n) is 6.75. The molecule has 0 saturated carbocycles. The fourth-order valence-corrected chi connectivity index (χ4v) is 4.41. The molecule has 3 aromatic rings. The molecule has 0 aliphatic carbocycles. The molecule has 3 heterocycles. The maximum absolute atomic E-state index is 12.4. The average Bonchev–Trinajstić information content (AvgIpc) is 2.64. The summed E-state index contributed by atoms with van der Waals surface area (Å²) in [5, 5.41) is 0.674. The van der Waals surface area contributed by atoms with Crippen LogP contribution in [0.3, 0.4) is 0 Å². The van der Waals surface area contributed by atoms with E-state index in [0.717, 1.165) is 5.69 Å². The van der Waals surface area contributed by atoms with Gasteiger partial charge in [0.25, 0.3) is 0 Å². The number of sulfone groups is 1. The van der Waals surface area contributed by atoms with Crippen LogP contribution in [0, 0.1) is 11.8 Å². The second-order valence-corrected chi connectivity index (χ2v) is 8.93. The predicted octanol–water partition coefficient (Wildman–Crippen LogP) is 2.46. The van der Waals surface area contributed by atoms with Crippen LogP contribution in [0.4, 0.5) is 0 Å². The Hall–Kier alpha value is -3.17. The lowest BCUT2D eigenvalue weighted by Gasteiger charge is -2.10. The average molecular weight is 392 g/mol. The molecule has 0 spiro atoms. The molecule has 0 N–H and O–H groups in total. The van der Waals surface area contributed by atoms with E-state index in [2.05, 4.69) is 11.8 Å². The van der Waals surface area contributed by atoms with Gasteiger partial charge in [-0.05, 0) is 35.9 Å². The third-order valence-corrected chi connectivity index (χ3v) is 6.23. The van der Waals surface area contributed by atoms with Crippen molar-refractivity contribution >= 4 is 33.0 Å². The Balaban J connectivity index is 1.82. The van der Waals surface area contributed by atoms with Crippen molar-refractivity contribution in [2.24, 2.45) is 7.05 Å². The van der Waals surface area contributed by atoms with Gasteiger partial charge in [-0.15, -0.1) is 0 Å². The third-order valence-electron chi connectivity index (χ3n) is 4.65. The number of fused-ring (bicyclic) bond motifs is 2. The van der Waals surface area contributed by atoms with E-state index in [0.29, 0.717) is 34.1 Å². The zero-order chi connectivity index (χ0) is 19.7. The molecule has 0 amide bonds. The van der Waals surface area contributed by atoms with Gasteiger partial charge in [0.2, 0.25) is 5.69 Å². The van der Waals surface area contributed by atoms with Crippen molar-refractivity contribution in [3.8, 4) is 11.8 Å². The molecule has 0 bridgehead atoms. The van der Waals surface area contributed by atoms with Crippen molar-refractivity contribution < 1.29 is 17.4 Å². The fourth-order valence-electron chi connectivity index (χ4n) is 3.14. The maximum Gasteiger partial charge on any atom is 0.343 e. The van der Waals surface area contributed by atoms with E-state index in [1.807, 2.05) is 42.1 Å². The molecule has 5 nitrogen and oxygen atoms in total. The highest BCUT2D eigenvalue weighted by molar-refractivity contribution is 7.90. The highest BCUT2D eigenvalue weighted by atomic mass is 32.2. The molecule has 140 valence electrons. The minimum absolute atomic E-state index is 0.0584. The van der Waals surface area contributed by atoms with Crippen molar-refractivity contribution in [2.45, 2.75) is 12.2 Å². The van der Waals surface area contributed by atoms with E-state index in [9.17, 15) is 13.2 Å². The van der Waals surface area contributed by atoms with Gasteiger partial charge in [-0.25, -0.2) is 17.8 Å². The number of benzene rings is 1. The number of pyridine rings is 1. The van der Waals surface area contributed by atoms with Gasteiger partial charge in [0.15, 0.2) is 16.0 Å². The van der Waals surface area contributed by atoms with Crippen LogP contribution in [-0.2, 0) is 22.6 Å². The van der Waals surface area contributed by atoms with E-state index in [1.165, 1.54) is 0 Å². The minimum Gasteiger partial charge on any atom is -0.422 e. The Morgan fingerprint density at radius 1 is 1.18 bits per heavy atom. The first-order valence-corrected chi connectivity index (χ1v) is 10.7. The van der Waals surface area contributed by atoms with Crippen molar-refractivity contribution in [3.05, 3.63) is 75.4 Å².